The molecule has 1 nitrogen and oxygen atoms in total. The lowest BCUT2D eigenvalue weighted by molar-refractivity contribution is 0.178. The third-order valence-electron chi connectivity index (χ3n) is 1.61. The van der Waals surface area contributed by atoms with Crippen molar-refractivity contribution in [2.24, 2.45) is 0 Å². The Morgan fingerprint density at radius 1 is 1.80 bits per heavy atom. The van der Waals surface area contributed by atoms with Gasteiger partial charge in [0.15, 0.2) is 0 Å². The van der Waals surface area contributed by atoms with E-state index in [1.54, 1.807) is 0 Å². The standard InChI is InChI=1S/C9H12O/c1-3-10-9-7-5-4-6-8(9)2/h3-6,9H,1,7H2,2H3. The lowest BCUT2D eigenvalue weighted by Gasteiger charge is -2.17. The maximum atomic E-state index is 5.24. The van der Waals surface area contributed by atoms with E-state index < -0.39 is 0 Å². The maximum absolute atomic E-state index is 5.24. The first-order valence-electron chi connectivity index (χ1n) is 3.44. The summed E-state index contributed by atoms with van der Waals surface area (Å²) in [4.78, 5) is 0. The molecule has 1 aliphatic carbocycles. The zero-order valence-corrected chi connectivity index (χ0v) is 6.21. The van der Waals surface area contributed by atoms with Gasteiger partial charge in [-0.2, -0.15) is 0 Å². The summed E-state index contributed by atoms with van der Waals surface area (Å²) in [5.41, 5.74) is 1.27. The van der Waals surface area contributed by atoms with E-state index in [4.69, 9.17) is 4.74 Å². The van der Waals surface area contributed by atoms with Gasteiger partial charge in [0.05, 0.1) is 6.26 Å². The van der Waals surface area contributed by atoms with Gasteiger partial charge in [-0.15, -0.1) is 0 Å². The van der Waals surface area contributed by atoms with Crippen LogP contribution in [0, 0.1) is 0 Å². The summed E-state index contributed by atoms with van der Waals surface area (Å²) < 4.78 is 5.24. The molecule has 54 valence electrons. The highest BCUT2D eigenvalue weighted by Crippen LogP contribution is 2.15. The van der Waals surface area contributed by atoms with Gasteiger partial charge < -0.3 is 4.74 Å². The van der Waals surface area contributed by atoms with E-state index in [-0.39, 0.29) is 6.10 Å². The van der Waals surface area contributed by atoms with Crippen molar-refractivity contribution in [3.63, 3.8) is 0 Å². The van der Waals surface area contributed by atoms with Crippen molar-refractivity contribution >= 4 is 0 Å². The van der Waals surface area contributed by atoms with E-state index in [9.17, 15) is 0 Å². The van der Waals surface area contributed by atoms with Crippen LogP contribution in [0.3, 0.4) is 0 Å². The van der Waals surface area contributed by atoms with Crippen LogP contribution in [0.2, 0.25) is 0 Å². The maximum Gasteiger partial charge on any atom is 0.122 e. The molecular formula is C9H12O. The SMILES string of the molecule is C=COC1CC=CC=C1C. The van der Waals surface area contributed by atoms with Gasteiger partial charge in [-0.25, -0.2) is 0 Å². The van der Waals surface area contributed by atoms with Crippen LogP contribution in [-0.4, -0.2) is 6.10 Å². The molecule has 0 saturated carbocycles. The van der Waals surface area contributed by atoms with E-state index >= 15 is 0 Å². The molecule has 0 aliphatic heterocycles. The van der Waals surface area contributed by atoms with E-state index in [0.29, 0.717) is 0 Å². The lowest BCUT2D eigenvalue weighted by Crippen LogP contribution is -2.11. The average molecular weight is 136 g/mol. The monoisotopic (exact) mass is 136 g/mol. The molecule has 0 aromatic heterocycles. The minimum Gasteiger partial charge on any atom is -0.494 e. The molecule has 0 fully saturated rings. The van der Waals surface area contributed by atoms with Gasteiger partial charge >= 0.3 is 0 Å². The van der Waals surface area contributed by atoms with Gasteiger partial charge in [-0.05, 0) is 12.5 Å². The van der Waals surface area contributed by atoms with Crippen molar-refractivity contribution in [2.75, 3.05) is 0 Å². The Morgan fingerprint density at radius 2 is 2.60 bits per heavy atom. The van der Waals surface area contributed by atoms with Crippen LogP contribution >= 0.6 is 0 Å². The van der Waals surface area contributed by atoms with Crippen molar-refractivity contribution < 1.29 is 4.74 Å². The van der Waals surface area contributed by atoms with Gasteiger partial charge in [0.1, 0.15) is 6.10 Å². The fourth-order valence-corrected chi connectivity index (χ4v) is 0.994. The first-order valence-corrected chi connectivity index (χ1v) is 3.44. The zero-order chi connectivity index (χ0) is 7.40. The molecule has 0 heterocycles. The minimum absolute atomic E-state index is 0.225. The Kier molecular flexibility index (Phi) is 2.32. The normalized spacial score (nSPS) is 23.7. The Labute approximate surface area is 61.7 Å². The molecule has 0 aromatic carbocycles. The fraction of sp³-hybridized carbons (Fsp3) is 0.333. The molecule has 1 atom stereocenters. The van der Waals surface area contributed by atoms with Crippen LogP contribution in [-0.2, 0) is 4.74 Å². The number of ether oxygens (including phenoxy) is 1. The molecule has 0 spiro atoms. The smallest absolute Gasteiger partial charge is 0.122 e. The number of allylic oxidation sites excluding steroid dienone is 2. The van der Waals surface area contributed by atoms with Gasteiger partial charge in [-0.3, -0.25) is 0 Å². The fourth-order valence-electron chi connectivity index (χ4n) is 0.994. The zero-order valence-electron chi connectivity index (χ0n) is 6.21. The second-order valence-electron chi connectivity index (χ2n) is 2.37. The van der Waals surface area contributed by atoms with E-state index in [1.807, 2.05) is 0 Å². The van der Waals surface area contributed by atoms with E-state index in [2.05, 4.69) is 31.7 Å². The molecule has 0 radical (unpaired) electrons. The summed E-state index contributed by atoms with van der Waals surface area (Å²) in [5, 5.41) is 0. The minimum atomic E-state index is 0.225. The van der Waals surface area contributed by atoms with Crippen molar-refractivity contribution in [1.82, 2.24) is 0 Å². The molecule has 0 bridgehead atoms. The summed E-state index contributed by atoms with van der Waals surface area (Å²) >= 11 is 0. The molecular weight excluding hydrogens is 124 g/mol. The van der Waals surface area contributed by atoms with Crippen LogP contribution in [0.5, 0.6) is 0 Å². The quantitative estimate of drug-likeness (QED) is 0.530. The number of hydrogen-bond acceptors (Lipinski definition) is 1. The molecule has 0 amide bonds. The van der Waals surface area contributed by atoms with E-state index in [1.165, 1.54) is 11.8 Å². The second kappa shape index (κ2) is 3.25. The predicted molar refractivity (Wildman–Crippen MR) is 42.6 cm³/mol. The Hall–Kier alpha value is -0.980. The highest BCUT2D eigenvalue weighted by atomic mass is 16.5. The first kappa shape index (κ1) is 7.13. The topological polar surface area (TPSA) is 9.23 Å². The summed E-state index contributed by atoms with van der Waals surface area (Å²) in [6, 6.07) is 0. The average Bonchev–Trinajstić information content (AvgIpc) is 1.94. The lowest BCUT2D eigenvalue weighted by atomic mass is 10.0. The van der Waals surface area contributed by atoms with Gasteiger partial charge in [-0.1, -0.05) is 24.8 Å². The molecule has 1 unspecified atom stereocenters. The Morgan fingerprint density at radius 3 is 3.20 bits per heavy atom. The van der Waals surface area contributed by atoms with Crippen molar-refractivity contribution in [3.8, 4) is 0 Å². The number of hydrogen-bond donors (Lipinski definition) is 0. The molecule has 1 aliphatic rings. The Bertz CT molecular complexity index is 175. The van der Waals surface area contributed by atoms with Gasteiger partial charge in [0.25, 0.3) is 0 Å². The van der Waals surface area contributed by atoms with Crippen LogP contribution in [0.15, 0.2) is 36.6 Å². The third-order valence-corrected chi connectivity index (χ3v) is 1.61. The van der Waals surface area contributed by atoms with Crippen LogP contribution < -0.4 is 0 Å². The number of rotatable bonds is 2. The van der Waals surface area contributed by atoms with Crippen molar-refractivity contribution in [1.29, 1.82) is 0 Å². The highest BCUT2D eigenvalue weighted by molar-refractivity contribution is 5.20. The van der Waals surface area contributed by atoms with Crippen molar-refractivity contribution in [2.45, 2.75) is 19.4 Å². The Balaban J connectivity index is 2.55. The third kappa shape index (κ3) is 1.50. The molecule has 1 heteroatoms. The van der Waals surface area contributed by atoms with Crippen LogP contribution in [0.25, 0.3) is 0 Å². The first-order chi connectivity index (χ1) is 4.84. The summed E-state index contributed by atoms with van der Waals surface area (Å²) in [6.45, 7) is 5.58. The predicted octanol–water partition coefficient (Wildman–Crippen LogP) is 2.42. The molecule has 10 heavy (non-hydrogen) atoms. The van der Waals surface area contributed by atoms with Gasteiger partial charge in [0.2, 0.25) is 0 Å². The summed E-state index contributed by atoms with van der Waals surface area (Å²) in [7, 11) is 0. The van der Waals surface area contributed by atoms with Crippen LogP contribution in [0.4, 0.5) is 0 Å². The molecule has 0 N–H and O–H groups in total. The molecule has 1 rings (SSSR count). The molecule has 0 aromatic rings. The summed E-state index contributed by atoms with van der Waals surface area (Å²) in [6.07, 6.45) is 8.91. The highest BCUT2D eigenvalue weighted by Gasteiger charge is 2.09. The second-order valence-corrected chi connectivity index (χ2v) is 2.37. The van der Waals surface area contributed by atoms with Crippen LogP contribution in [0.1, 0.15) is 13.3 Å². The van der Waals surface area contributed by atoms with Crippen molar-refractivity contribution in [3.05, 3.63) is 36.6 Å². The molecule has 0 saturated heterocycles. The summed E-state index contributed by atoms with van der Waals surface area (Å²) in [5.74, 6) is 0. The largest absolute Gasteiger partial charge is 0.494 e. The van der Waals surface area contributed by atoms with Gasteiger partial charge in [0, 0.05) is 6.42 Å². The van der Waals surface area contributed by atoms with E-state index in [0.717, 1.165) is 6.42 Å².